The van der Waals surface area contributed by atoms with Crippen molar-refractivity contribution in [3.63, 3.8) is 0 Å². The van der Waals surface area contributed by atoms with E-state index in [0.717, 1.165) is 21.2 Å². The molecule has 14 heteroatoms. The summed E-state index contributed by atoms with van der Waals surface area (Å²) >= 11 is 7.29. The van der Waals surface area contributed by atoms with Crippen molar-refractivity contribution >= 4 is 67.3 Å². The molecule has 0 aliphatic carbocycles. The lowest BCUT2D eigenvalue weighted by atomic mass is 10.2. The first-order chi connectivity index (χ1) is 17.5. The van der Waals surface area contributed by atoms with Gasteiger partial charge in [-0.3, -0.25) is 14.1 Å². The second kappa shape index (κ2) is 10.9. The predicted molar refractivity (Wildman–Crippen MR) is 141 cm³/mol. The summed E-state index contributed by atoms with van der Waals surface area (Å²) in [5, 5.41) is 6.67. The van der Waals surface area contributed by atoms with Gasteiger partial charge < -0.3 is 10.6 Å². The molecule has 0 fully saturated rings. The number of thiophene rings is 1. The van der Waals surface area contributed by atoms with Crippen LogP contribution in [0.2, 0.25) is 4.34 Å². The van der Waals surface area contributed by atoms with Gasteiger partial charge in [-0.05, 0) is 60.8 Å². The zero-order chi connectivity index (χ0) is 26.7. The third-order valence-corrected chi connectivity index (χ3v) is 8.18. The van der Waals surface area contributed by atoms with Crippen LogP contribution in [-0.2, 0) is 0 Å². The van der Waals surface area contributed by atoms with Crippen molar-refractivity contribution in [3.8, 4) is 5.69 Å². The minimum atomic E-state index is -4.40. The topological polar surface area (TPSA) is 88.1 Å². The molecule has 3 N–H and O–H groups in total. The molecule has 2 aromatic carbocycles. The van der Waals surface area contributed by atoms with Crippen molar-refractivity contribution in [3.05, 3.63) is 75.4 Å². The van der Waals surface area contributed by atoms with Crippen LogP contribution in [0, 0.1) is 5.82 Å². The lowest BCUT2D eigenvalue weighted by molar-refractivity contribution is -0.115. The monoisotopic (exact) mass is 571 g/mol. The number of fused-ring (bicyclic) bond motifs is 1. The second-order valence-corrected chi connectivity index (χ2v) is 11.2. The summed E-state index contributed by atoms with van der Waals surface area (Å²) in [6.07, 6.45) is -3.31. The average Bonchev–Trinajstić information content (AvgIpc) is 3.27. The molecule has 0 bridgehead atoms. The Balaban J connectivity index is 1.52. The van der Waals surface area contributed by atoms with E-state index in [9.17, 15) is 27.2 Å². The smallest absolute Gasteiger partial charge is 0.376 e. The molecule has 0 aliphatic heterocycles. The number of rotatable bonds is 6. The number of carbonyl (C=O) groups is 1. The van der Waals surface area contributed by atoms with Crippen molar-refractivity contribution in [2.75, 3.05) is 17.2 Å². The second-order valence-electron chi connectivity index (χ2n) is 7.47. The van der Waals surface area contributed by atoms with Crippen LogP contribution in [0.3, 0.4) is 0 Å². The summed E-state index contributed by atoms with van der Waals surface area (Å²) in [6, 6.07) is 10.7. The SMILES string of the molecule is C/C=S(\NC(=O)Nc1ccc(-n2cnc3cc(NCC(F)(F)F)ccc3c2=O)c(F)c1)c1ccc(Cl)s1. The van der Waals surface area contributed by atoms with Crippen molar-refractivity contribution in [2.45, 2.75) is 17.3 Å². The summed E-state index contributed by atoms with van der Waals surface area (Å²) in [6.45, 7) is 0.556. The van der Waals surface area contributed by atoms with Crippen molar-refractivity contribution < 1.29 is 22.4 Å². The normalized spacial score (nSPS) is 12.5. The fraction of sp³-hybridized carbons (Fsp3) is 0.130. The van der Waals surface area contributed by atoms with Gasteiger partial charge in [-0.15, -0.1) is 11.3 Å². The number of benzene rings is 2. The van der Waals surface area contributed by atoms with E-state index in [1.165, 1.54) is 41.7 Å². The highest BCUT2D eigenvalue weighted by Gasteiger charge is 2.26. The lowest BCUT2D eigenvalue weighted by Gasteiger charge is -2.13. The van der Waals surface area contributed by atoms with Crippen molar-refractivity contribution in [1.82, 2.24) is 14.3 Å². The highest BCUT2D eigenvalue weighted by Crippen LogP contribution is 2.33. The van der Waals surface area contributed by atoms with Crippen LogP contribution in [0.5, 0.6) is 0 Å². The van der Waals surface area contributed by atoms with E-state index in [1.807, 2.05) is 0 Å². The molecule has 1 unspecified atom stereocenters. The quantitative estimate of drug-likeness (QED) is 0.185. The number of anilines is 2. The van der Waals surface area contributed by atoms with Gasteiger partial charge >= 0.3 is 12.2 Å². The van der Waals surface area contributed by atoms with Gasteiger partial charge in [0.15, 0.2) is 0 Å². The van der Waals surface area contributed by atoms with Crippen LogP contribution in [0.1, 0.15) is 6.92 Å². The Morgan fingerprint density at radius 1 is 1.16 bits per heavy atom. The molecule has 4 aromatic rings. The Bertz CT molecular complexity index is 1570. The third kappa shape index (κ3) is 6.48. The first-order valence-electron chi connectivity index (χ1n) is 10.5. The predicted octanol–water partition coefficient (Wildman–Crippen LogP) is 6.40. The van der Waals surface area contributed by atoms with Gasteiger partial charge in [-0.25, -0.2) is 14.2 Å². The van der Waals surface area contributed by atoms with Gasteiger partial charge in [0.2, 0.25) is 0 Å². The largest absolute Gasteiger partial charge is 0.405 e. The number of aromatic nitrogens is 2. The fourth-order valence-electron chi connectivity index (χ4n) is 3.28. The Hall–Kier alpha value is -3.42. The standard InChI is InChI=1S/C23H18ClF4N5O2S2/c1-2-37(20-8-7-19(24)36-20)32-22(35)31-14-4-6-18(16(25)9-14)33-12-30-17-10-13(29-11-23(26,27)28)3-5-15(17)21(33)34/h2-10,12,29H,11H2,1H3,(H2,31,32,35). The number of amides is 2. The van der Waals surface area contributed by atoms with Crippen molar-refractivity contribution in [2.24, 2.45) is 0 Å². The molecule has 0 aliphatic rings. The maximum Gasteiger partial charge on any atom is 0.405 e. The summed E-state index contributed by atoms with van der Waals surface area (Å²) in [5.41, 5.74) is -0.273. The number of nitrogens with one attached hydrogen (secondary N) is 3. The molecule has 37 heavy (non-hydrogen) atoms. The Labute approximate surface area is 219 Å². The molecule has 1 atom stereocenters. The maximum atomic E-state index is 14.9. The number of carbonyl (C=O) groups excluding carboxylic acids is 1. The Morgan fingerprint density at radius 2 is 1.92 bits per heavy atom. The van der Waals surface area contributed by atoms with E-state index in [0.29, 0.717) is 4.34 Å². The molecule has 0 radical (unpaired) electrons. The van der Waals surface area contributed by atoms with E-state index in [2.05, 4.69) is 20.3 Å². The summed E-state index contributed by atoms with van der Waals surface area (Å²) in [4.78, 5) is 29.5. The van der Waals surface area contributed by atoms with Crippen LogP contribution in [0.4, 0.5) is 33.7 Å². The van der Waals surface area contributed by atoms with Gasteiger partial charge in [0.25, 0.3) is 5.56 Å². The molecule has 0 saturated heterocycles. The van der Waals surface area contributed by atoms with Crippen LogP contribution in [0.15, 0.2) is 63.9 Å². The van der Waals surface area contributed by atoms with Gasteiger partial charge in [0.1, 0.15) is 18.7 Å². The van der Waals surface area contributed by atoms with Gasteiger partial charge in [-0.1, -0.05) is 22.3 Å². The van der Waals surface area contributed by atoms with Gasteiger partial charge in [0, 0.05) is 11.4 Å². The number of halogens is 5. The highest BCUT2D eigenvalue weighted by molar-refractivity contribution is 8.15. The van der Waals surface area contributed by atoms with Gasteiger partial charge in [0.05, 0.1) is 25.1 Å². The third-order valence-electron chi connectivity index (χ3n) is 4.92. The molecule has 7 nitrogen and oxygen atoms in total. The summed E-state index contributed by atoms with van der Waals surface area (Å²) in [7, 11) is -0.702. The molecule has 2 aromatic heterocycles. The zero-order valence-corrected chi connectivity index (χ0v) is 21.3. The fourth-order valence-corrected chi connectivity index (χ4v) is 6.16. The van der Waals surface area contributed by atoms with Crippen molar-refractivity contribution in [1.29, 1.82) is 0 Å². The van der Waals surface area contributed by atoms with Crippen LogP contribution < -0.4 is 20.9 Å². The first kappa shape index (κ1) is 26.6. The van der Waals surface area contributed by atoms with E-state index in [-0.39, 0.29) is 28.0 Å². The van der Waals surface area contributed by atoms with E-state index in [4.69, 9.17) is 11.6 Å². The lowest BCUT2D eigenvalue weighted by Crippen LogP contribution is -2.24. The highest BCUT2D eigenvalue weighted by atomic mass is 35.5. The average molecular weight is 572 g/mol. The Morgan fingerprint density at radius 3 is 2.57 bits per heavy atom. The zero-order valence-electron chi connectivity index (χ0n) is 18.9. The molecule has 2 amide bonds. The molecule has 4 rings (SSSR count). The summed E-state index contributed by atoms with van der Waals surface area (Å²) in [5.74, 6) is -0.796. The number of hydrogen-bond donors (Lipinski definition) is 3. The van der Waals surface area contributed by atoms with E-state index >= 15 is 0 Å². The molecule has 2 heterocycles. The van der Waals surface area contributed by atoms with Crippen LogP contribution >= 0.6 is 33.6 Å². The number of hydrogen-bond acceptors (Lipinski definition) is 5. The minimum Gasteiger partial charge on any atom is -0.376 e. The molecular formula is C23H18ClF4N5O2S2. The number of urea groups is 1. The van der Waals surface area contributed by atoms with Gasteiger partial charge in [-0.2, -0.15) is 13.2 Å². The maximum absolute atomic E-state index is 14.9. The minimum absolute atomic E-state index is 0.0950. The summed E-state index contributed by atoms with van der Waals surface area (Å²) < 4.78 is 57.5. The number of nitrogens with zero attached hydrogens (tertiary/aromatic N) is 2. The molecule has 194 valence electrons. The number of alkyl halides is 3. The van der Waals surface area contributed by atoms with Crippen LogP contribution in [-0.4, -0.2) is 33.7 Å². The van der Waals surface area contributed by atoms with Crippen LogP contribution in [0.25, 0.3) is 16.6 Å². The first-order valence-corrected chi connectivity index (χ1v) is 13.0. The van der Waals surface area contributed by atoms with E-state index < -0.39 is 40.8 Å². The molecule has 0 saturated carbocycles. The van der Waals surface area contributed by atoms with E-state index in [1.54, 1.807) is 24.4 Å². The molecular weight excluding hydrogens is 554 g/mol. The Kier molecular flexibility index (Phi) is 7.85. The molecule has 0 spiro atoms.